The second-order valence-corrected chi connectivity index (χ2v) is 7.76. The first-order chi connectivity index (χ1) is 12.5. The SMILES string of the molecule is CC[C@H]1OCC(=O)C2=C1NC1=C(C(=O)COC1)[C@H]2c1ccc(Br)c(Cl)c1. The van der Waals surface area contributed by atoms with Crippen LogP contribution in [-0.4, -0.2) is 37.5 Å². The van der Waals surface area contributed by atoms with Crippen molar-refractivity contribution in [3.05, 3.63) is 55.8 Å². The molecular formula is C19H17BrClNO4. The number of dihydropyridines is 1. The molecule has 3 heterocycles. The van der Waals surface area contributed by atoms with E-state index in [-0.39, 0.29) is 30.9 Å². The Morgan fingerprint density at radius 1 is 1.19 bits per heavy atom. The number of benzene rings is 1. The number of halogens is 2. The zero-order valence-corrected chi connectivity index (χ0v) is 16.4. The number of carbonyl (C=O) groups is 2. The monoisotopic (exact) mass is 437 g/mol. The molecule has 2 atom stereocenters. The van der Waals surface area contributed by atoms with Gasteiger partial charge in [0, 0.05) is 27.2 Å². The highest BCUT2D eigenvalue weighted by Crippen LogP contribution is 2.44. The van der Waals surface area contributed by atoms with E-state index in [2.05, 4.69) is 21.2 Å². The summed E-state index contributed by atoms with van der Waals surface area (Å²) >= 11 is 9.69. The molecule has 5 nitrogen and oxygen atoms in total. The summed E-state index contributed by atoms with van der Waals surface area (Å²) < 4.78 is 11.9. The molecule has 136 valence electrons. The summed E-state index contributed by atoms with van der Waals surface area (Å²) in [5.74, 6) is -0.664. The summed E-state index contributed by atoms with van der Waals surface area (Å²) in [6.45, 7) is 2.35. The van der Waals surface area contributed by atoms with Gasteiger partial charge in [0.15, 0.2) is 11.6 Å². The van der Waals surface area contributed by atoms with Crippen LogP contribution in [0, 0.1) is 0 Å². The smallest absolute Gasteiger partial charge is 0.187 e. The third kappa shape index (κ3) is 2.85. The first-order valence-electron chi connectivity index (χ1n) is 8.46. The second kappa shape index (κ2) is 6.93. The molecule has 0 amide bonds. The third-order valence-electron chi connectivity index (χ3n) is 4.94. The summed E-state index contributed by atoms with van der Waals surface area (Å²) in [5, 5.41) is 3.81. The molecular weight excluding hydrogens is 422 g/mol. The molecule has 7 heteroatoms. The van der Waals surface area contributed by atoms with Crippen molar-refractivity contribution in [1.29, 1.82) is 0 Å². The van der Waals surface area contributed by atoms with Crippen LogP contribution in [-0.2, 0) is 19.1 Å². The molecule has 0 spiro atoms. The minimum absolute atomic E-state index is 0.0196. The normalized spacial score (nSPS) is 25.8. The van der Waals surface area contributed by atoms with Crippen molar-refractivity contribution in [3.63, 3.8) is 0 Å². The fourth-order valence-corrected chi connectivity index (χ4v) is 4.22. The number of rotatable bonds is 2. The van der Waals surface area contributed by atoms with Gasteiger partial charge in [0.05, 0.1) is 23.4 Å². The Morgan fingerprint density at radius 3 is 2.69 bits per heavy atom. The van der Waals surface area contributed by atoms with Crippen LogP contribution in [0.2, 0.25) is 5.02 Å². The fourth-order valence-electron chi connectivity index (χ4n) is 3.79. The van der Waals surface area contributed by atoms with Crippen molar-refractivity contribution < 1.29 is 19.1 Å². The molecule has 0 unspecified atom stereocenters. The van der Waals surface area contributed by atoms with E-state index < -0.39 is 5.92 Å². The lowest BCUT2D eigenvalue weighted by atomic mass is 9.75. The molecule has 0 radical (unpaired) electrons. The van der Waals surface area contributed by atoms with Crippen LogP contribution in [0.4, 0.5) is 0 Å². The predicted molar refractivity (Wildman–Crippen MR) is 99.9 cm³/mol. The van der Waals surface area contributed by atoms with Crippen LogP contribution in [0.5, 0.6) is 0 Å². The standard InChI is InChI=1S/C19H17BrClNO4/c1-2-15-19-18(14(24)8-26-15)16(9-3-4-10(20)11(21)5-9)17-12(22-19)6-25-7-13(17)23/h3-5,15-16,22H,2,6-8H2,1H3/t15-,16-/m1/s1. The molecule has 1 aromatic carbocycles. The maximum Gasteiger partial charge on any atom is 0.187 e. The van der Waals surface area contributed by atoms with Gasteiger partial charge in [-0.05, 0) is 40.0 Å². The van der Waals surface area contributed by atoms with Crippen molar-refractivity contribution in [3.8, 4) is 0 Å². The van der Waals surface area contributed by atoms with Gasteiger partial charge in [-0.2, -0.15) is 0 Å². The zero-order valence-electron chi connectivity index (χ0n) is 14.1. The lowest BCUT2D eigenvalue weighted by molar-refractivity contribution is -0.124. The van der Waals surface area contributed by atoms with Gasteiger partial charge in [-0.15, -0.1) is 0 Å². The van der Waals surface area contributed by atoms with Crippen molar-refractivity contribution in [1.82, 2.24) is 5.32 Å². The number of hydrogen-bond acceptors (Lipinski definition) is 5. The van der Waals surface area contributed by atoms with Crippen LogP contribution >= 0.6 is 27.5 Å². The van der Waals surface area contributed by atoms with Gasteiger partial charge in [0.25, 0.3) is 0 Å². The fraction of sp³-hybridized carbons (Fsp3) is 0.368. The summed E-state index contributed by atoms with van der Waals surface area (Å²) in [5.41, 5.74) is 3.47. The number of carbonyl (C=O) groups excluding carboxylic acids is 2. The summed E-state index contributed by atoms with van der Waals surface area (Å²) in [4.78, 5) is 25.4. The Hall–Kier alpha value is -1.47. The number of ether oxygens (including phenoxy) is 2. The van der Waals surface area contributed by atoms with Gasteiger partial charge in [0.1, 0.15) is 13.2 Å². The Labute approximate surface area is 164 Å². The van der Waals surface area contributed by atoms with E-state index in [0.717, 1.165) is 22.2 Å². The minimum atomic E-state index is -0.450. The van der Waals surface area contributed by atoms with Crippen molar-refractivity contribution in [2.45, 2.75) is 25.4 Å². The van der Waals surface area contributed by atoms with Crippen molar-refractivity contribution >= 4 is 39.1 Å². The number of nitrogens with one attached hydrogen (secondary N) is 1. The van der Waals surface area contributed by atoms with Crippen LogP contribution < -0.4 is 5.32 Å². The maximum absolute atomic E-state index is 12.8. The molecule has 0 aliphatic carbocycles. The Bertz CT molecular complexity index is 876. The molecule has 3 aliphatic rings. The summed E-state index contributed by atoms with van der Waals surface area (Å²) in [6, 6.07) is 5.54. The average Bonchev–Trinajstić information content (AvgIpc) is 2.63. The summed E-state index contributed by atoms with van der Waals surface area (Å²) in [6.07, 6.45) is 0.520. The molecule has 26 heavy (non-hydrogen) atoms. The Kier molecular flexibility index (Phi) is 4.77. The first kappa shape index (κ1) is 17.9. The average molecular weight is 439 g/mol. The van der Waals surface area contributed by atoms with Crippen molar-refractivity contribution in [2.75, 3.05) is 19.8 Å². The van der Waals surface area contributed by atoms with E-state index in [0.29, 0.717) is 28.5 Å². The van der Waals surface area contributed by atoms with Crippen LogP contribution in [0.1, 0.15) is 24.8 Å². The van der Waals surface area contributed by atoms with Gasteiger partial charge < -0.3 is 14.8 Å². The Morgan fingerprint density at radius 2 is 1.96 bits per heavy atom. The van der Waals surface area contributed by atoms with Crippen LogP contribution in [0.3, 0.4) is 0 Å². The highest BCUT2D eigenvalue weighted by atomic mass is 79.9. The molecule has 0 saturated carbocycles. The zero-order chi connectivity index (χ0) is 18.4. The van der Waals surface area contributed by atoms with E-state index in [9.17, 15) is 9.59 Å². The van der Waals surface area contributed by atoms with E-state index in [4.69, 9.17) is 21.1 Å². The number of ketones is 2. The minimum Gasteiger partial charge on any atom is -0.367 e. The highest BCUT2D eigenvalue weighted by molar-refractivity contribution is 9.10. The third-order valence-corrected chi connectivity index (χ3v) is 6.18. The van der Waals surface area contributed by atoms with Gasteiger partial charge in [0.2, 0.25) is 0 Å². The van der Waals surface area contributed by atoms with E-state index >= 15 is 0 Å². The first-order valence-corrected chi connectivity index (χ1v) is 9.63. The van der Waals surface area contributed by atoms with Gasteiger partial charge in [-0.3, -0.25) is 9.59 Å². The van der Waals surface area contributed by atoms with Crippen LogP contribution in [0.15, 0.2) is 45.2 Å². The largest absolute Gasteiger partial charge is 0.367 e. The van der Waals surface area contributed by atoms with Gasteiger partial charge >= 0.3 is 0 Å². The topological polar surface area (TPSA) is 64.6 Å². The molecule has 0 bridgehead atoms. The van der Waals surface area contributed by atoms with Crippen molar-refractivity contribution in [2.24, 2.45) is 0 Å². The van der Waals surface area contributed by atoms with E-state index in [1.165, 1.54) is 0 Å². The Balaban J connectivity index is 1.94. The molecule has 1 aromatic rings. The lowest BCUT2D eigenvalue weighted by Crippen LogP contribution is -2.45. The maximum atomic E-state index is 12.8. The molecule has 0 aromatic heterocycles. The molecule has 3 aliphatic heterocycles. The van der Waals surface area contributed by atoms with Gasteiger partial charge in [-0.25, -0.2) is 0 Å². The molecule has 4 rings (SSSR count). The molecule has 0 fully saturated rings. The number of Topliss-reactive ketones (excluding diaryl/α,β-unsaturated/α-hetero) is 2. The lowest BCUT2D eigenvalue weighted by Gasteiger charge is -2.39. The highest BCUT2D eigenvalue weighted by Gasteiger charge is 2.43. The van der Waals surface area contributed by atoms with E-state index in [1.807, 2.05) is 25.1 Å². The van der Waals surface area contributed by atoms with E-state index in [1.54, 1.807) is 0 Å². The number of hydrogen-bond donors (Lipinski definition) is 1. The summed E-state index contributed by atoms with van der Waals surface area (Å²) in [7, 11) is 0. The van der Waals surface area contributed by atoms with Crippen LogP contribution in [0.25, 0.3) is 0 Å². The molecule has 1 N–H and O–H groups in total. The molecule has 0 saturated heterocycles. The van der Waals surface area contributed by atoms with Gasteiger partial charge in [-0.1, -0.05) is 24.6 Å². The second-order valence-electron chi connectivity index (χ2n) is 6.50. The quantitative estimate of drug-likeness (QED) is 0.768. The predicted octanol–water partition coefficient (Wildman–Crippen LogP) is 3.27.